The molecule has 0 bridgehead atoms. The maximum atomic E-state index is 9.85. The fourth-order valence-electron chi connectivity index (χ4n) is 1.46. The van der Waals surface area contributed by atoms with E-state index in [1.807, 2.05) is 35.7 Å². The molecule has 4 nitrogen and oxygen atoms in total. The topological polar surface area (TPSA) is 57.2 Å². The third-order valence-corrected chi connectivity index (χ3v) is 3.13. The van der Waals surface area contributed by atoms with Gasteiger partial charge in [-0.1, -0.05) is 30.3 Å². The van der Waals surface area contributed by atoms with E-state index in [0.29, 0.717) is 16.7 Å². The lowest BCUT2D eigenvalue weighted by molar-refractivity contribution is 0.161. The lowest BCUT2D eigenvalue weighted by Crippen LogP contribution is -2.38. The van der Waals surface area contributed by atoms with E-state index in [1.165, 1.54) is 11.3 Å². The van der Waals surface area contributed by atoms with Crippen LogP contribution in [0, 0.1) is 0 Å². The largest absolute Gasteiger partial charge is 0.373 e. The SMILES string of the molecule is OC(Cc1ccccc1)NC(=S)Nc1nccs1. The Hall–Kier alpha value is -1.50. The minimum Gasteiger partial charge on any atom is -0.373 e. The summed E-state index contributed by atoms with van der Waals surface area (Å²) >= 11 is 6.53. The smallest absolute Gasteiger partial charge is 0.188 e. The molecule has 1 heterocycles. The predicted octanol–water partition coefficient (Wildman–Crippen LogP) is 1.99. The van der Waals surface area contributed by atoms with Crippen molar-refractivity contribution in [2.75, 3.05) is 5.32 Å². The number of aromatic nitrogens is 1. The van der Waals surface area contributed by atoms with Crippen molar-refractivity contribution in [3.05, 3.63) is 47.5 Å². The number of hydrogen-bond acceptors (Lipinski definition) is 4. The van der Waals surface area contributed by atoms with Crippen molar-refractivity contribution in [3.63, 3.8) is 0 Å². The fourth-order valence-corrected chi connectivity index (χ4v) is 2.29. The van der Waals surface area contributed by atoms with E-state index in [9.17, 15) is 5.11 Å². The van der Waals surface area contributed by atoms with Gasteiger partial charge < -0.3 is 15.7 Å². The van der Waals surface area contributed by atoms with E-state index in [4.69, 9.17) is 12.2 Å². The molecule has 0 radical (unpaired) electrons. The molecule has 1 unspecified atom stereocenters. The highest BCUT2D eigenvalue weighted by molar-refractivity contribution is 7.80. The predicted molar refractivity (Wildman–Crippen MR) is 77.6 cm³/mol. The summed E-state index contributed by atoms with van der Waals surface area (Å²) in [5.74, 6) is 0. The summed E-state index contributed by atoms with van der Waals surface area (Å²) in [6, 6.07) is 9.74. The standard InChI is InChI=1S/C12H13N3OS2/c16-10(8-9-4-2-1-3-5-9)14-11(17)15-12-13-6-7-18-12/h1-7,10,16H,8H2,(H2,13,14,15,17). The monoisotopic (exact) mass is 279 g/mol. The maximum Gasteiger partial charge on any atom is 0.188 e. The van der Waals surface area contributed by atoms with Crippen LogP contribution >= 0.6 is 23.6 Å². The number of hydrogen-bond donors (Lipinski definition) is 3. The molecular formula is C12H13N3OS2. The van der Waals surface area contributed by atoms with E-state index in [-0.39, 0.29) is 0 Å². The summed E-state index contributed by atoms with van der Waals surface area (Å²) in [5, 5.41) is 18.5. The Morgan fingerprint density at radius 1 is 1.39 bits per heavy atom. The van der Waals surface area contributed by atoms with Crippen molar-refractivity contribution in [1.82, 2.24) is 10.3 Å². The molecule has 0 saturated carbocycles. The van der Waals surface area contributed by atoms with Crippen molar-refractivity contribution in [3.8, 4) is 0 Å². The summed E-state index contributed by atoms with van der Waals surface area (Å²) in [6.07, 6.45) is 1.48. The number of benzene rings is 1. The summed E-state index contributed by atoms with van der Waals surface area (Å²) in [7, 11) is 0. The molecule has 2 rings (SSSR count). The molecule has 0 amide bonds. The Morgan fingerprint density at radius 2 is 2.17 bits per heavy atom. The van der Waals surface area contributed by atoms with Gasteiger partial charge in [-0.2, -0.15) is 0 Å². The van der Waals surface area contributed by atoms with Gasteiger partial charge >= 0.3 is 0 Å². The quantitative estimate of drug-likeness (QED) is 0.590. The molecule has 0 saturated heterocycles. The highest BCUT2D eigenvalue weighted by Gasteiger charge is 2.07. The normalized spacial score (nSPS) is 11.8. The van der Waals surface area contributed by atoms with Crippen LogP contribution in [-0.4, -0.2) is 21.4 Å². The van der Waals surface area contributed by atoms with Crippen LogP contribution in [0.25, 0.3) is 0 Å². The molecule has 0 fully saturated rings. The third-order valence-electron chi connectivity index (χ3n) is 2.22. The van der Waals surface area contributed by atoms with Gasteiger partial charge in [-0.3, -0.25) is 0 Å². The van der Waals surface area contributed by atoms with E-state index < -0.39 is 6.23 Å². The molecule has 2 aromatic rings. The van der Waals surface area contributed by atoms with E-state index >= 15 is 0 Å². The van der Waals surface area contributed by atoms with Crippen LogP contribution in [0.2, 0.25) is 0 Å². The van der Waals surface area contributed by atoms with Gasteiger partial charge in [0.15, 0.2) is 10.2 Å². The second-order valence-electron chi connectivity index (χ2n) is 3.64. The Kier molecular flexibility index (Phi) is 4.63. The van der Waals surface area contributed by atoms with E-state index in [2.05, 4.69) is 15.6 Å². The van der Waals surface area contributed by atoms with Crippen molar-refractivity contribution in [2.45, 2.75) is 12.6 Å². The minimum absolute atomic E-state index is 0.369. The zero-order valence-corrected chi connectivity index (χ0v) is 11.2. The highest BCUT2D eigenvalue weighted by Crippen LogP contribution is 2.10. The first-order valence-corrected chi connectivity index (χ1v) is 6.72. The van der Waals surface area contributed by atoms with Crippen LogP contribution in [0.15, 0.2) is 41.9 Å². The number of thiocarbonyl (C=S) groups is 1. The summed E-state index contributed by atoms with van der Waals surface area (Å²) in [5.41, 5.74) is 1.05. The first-order chi connectivity index (χ1) is 8.74. The van der Waals surface area contributed by atoms with Gasteiger partial charge in [-0.25, -0.2) is 4.98 Å². The van der Waals surface area contributed by atoms with Crippen molar-refractivity contribution in [1.29, 1.82) is 0 Å². The van der Waals surface area contributed by atoms with Gasteiger partial charge in [-0.15, -0.1) is 11.3 Å². The van der Waals surface area contributed by atoms with Crippen LogP contribution in [0.5, 0.6) is 0 Å². The number of nitrogens with one attached hydrogen (secondary N) is 2. The molecule has 1 atom stereocenters. The number of anilines is 1. The van der Waals surface area contributed by atoms with Gasteiger partial charge in [-0.05, 0) is 17.8 Å². The highest BCUT2D eigenvalue weighted by atomic mass is 32.1. The minimum atomic E-state index is -0.715. The lowest BCUT2D eigenvalue weighted by atomic mass is 10.1. The summed E-state index contributed by atoms with van der Waals surface area (Å²) in [4.78, 5) is 4.05. The van der Waals surface area contributed by atoms with Crippen molar-refractivity contribution in [2.24, 2.45) is 0 Å². The molecule has 1 aromatic carbocycles. The zero-order chi connectivity index (χ0) is 12.8. The second-order valence-corrected chi connectivity index (χ2v) is 4.94. The second kappa shape index (κ2) is 6.44. The molecule has 0 aliphatic rings. The number of aliphatic hydroxyl groups excluding tert-OH is 1. The van der Waals surface area contributed by atoms with Gasteiger partial charge in [0, 0.05) is 18.0 Å². The van der Waals surface area contributed by atoms with Crippen LogP contribution in [0.4, 0.5) is 5.13 Å². The van der Waals surface area contributed by atoms with Crippen LogP contribution < -0.4 is 10.6 Å². The van der Waals surface area contributed by atoms with Gasteiger partial charge in [0.25, 0.3) is 0 Å². The summed E-state index contributed by atoms with van der Waals surface area (Å²) < 4.78 is 0. The lowest BCUT2D eigenvalue weighted by Gasteiger charge is -2.15. The van der Waals surface area contributed by atoms with Gasteiger partial charge in [0.1, 0.15) is 6.23 Å². The van der Waals surface area contributed by atoms with Gasteiger partial charge in [0.2, 0.25) is 0 Å². The van der Waals surface area contributed by atoms with E-state index in [1.54, 1.807) is 6.20 Å². The molecule has 94 valence electrons. The number of thiazole rings is 1. The number of rotatable bonds is 4. The average molecular weight is 279 g/mol. The first kappa shape index (κ1) is 12.9. The molecule has 0 aliphatic carbocycles. The Labute approximate surface area is 115 Å². The molecule has 3 N–H and O–H groups in total. The van der Waals surface area contributed by atoms with Crippen LogP contribution in [-0.2, 0) is 6.42 Å². The van der Waals surface area contributed by atoms with Crippen LogP contribution in [0.3, 0.4) is 0 Å². The number of aliphatic hydroxyl groups is 1. The van der Waals surface area contributed by atoms with Gasteiger partial charge in [0.05, 0.1) is 0 Å². The molecule has 0 spiro atoms. The molecule has 6 heteroatoms. The molecule has 1 aromatic heterocycles. The third kappa shape index (κ3) is 4.06. The Morgan fingerprint density at radius 3 is 2.83 bits per heavy atom. The maximum absolute atomic E-state index is 9.85. The van der Waals surface area contributed by atoms with E-state index in [0.717, 1.165) is 5.56 Å². The first-order valence-electron chi connectivity index (χ1n) is 5.43. The molecule has 0 aliphatic heterocycles. The number of nitrogens with zero attached hydrogens (tertiary/aromatic N) is 1. The summed E-state index contributed by atoms with van der Waals surface area (Å²) in [6.45, 7) is 0. The van der Waals surface area contributed by atoms with Crippen LogP contribution in [0.1, 0.15) is 5.56 Å². The average Bonchev–Trinajstić information content (AvgIpc) is 2.82. The fraction of sp³-hybridized carbons (Fsp3) is 0.167. The Balaban J connectivity index is 1.80. The van der Waals surface area contributed by atoms with Crippen molar-refractivity contribution < 1.29 is 5.11 Å². The Bertz CT molecular complexity index is 487. The molecule has 18 heavy (non-hydrogen) atoms. The zero-order valence-electron chi connectivity index (χ0n) is 9.54. The molecular weight excluding hydrogens is 266 g/mol. The van der Waals surface area contributed by atoms with Crippen molar-refractivity contribution >= 4 is 33.8 Å².